The summed E-state index contributed by atoms with van der Waals surface area (Å²) < 4.78 is 29.8. The zero-order valence-corrected chi connectivity index (χ0v) is 10.9. The van der Waals surface area contributed by atoms with Crippen LogP contribution >= 0.6 is 0 Å². The van der Waals surface area contributed by atoms with E-state index in [0.717, 1.165) is 18.5 Å². The van der Waals surface area contributed by atoms with Crippen molar-refractivity contribution >= 4 is 9.84 Å². The Bertz CT molecular complexity index is 504. The van der Waals surface area contributed by atoms with Crippen LogP contribution in [0.3, 0.4) is 0 Å². The van der Waals surface area contributed by atoms with E-state index >= 15 is 0 Å². The van der Waals surface area contributed by atoms with Gasteiger partial charge >= 0.3 is 0 Å². The van der Waals surface area contributed by atoms with E-state index < -0.39 is 15.2 Å². The Labute approximate surface area is 102 Å². The molecule has 1 aliphatic rings. The molecule has 0 amide bonds. The predicted octanol–water partition coefficient (Wildman–Crippen LogP) is 1.49. The second kappa shape index (κ2) is 4.66. The summed E-state index contributed by atoms with van der Waals surface area (Å²) in [6.07, 6.45) is 1.60. The summed E-state index contributed by atoms with van der Waals surface area (Å²) in [5.74, 6) is 0.681. The number of ether oxygens (including phenoxy) is 1. The lowest BCUT2D eigenvalue weighted by atomic mass is 10.2. The fourth-order valence-corrected chi connectivity index (χ4v) is 4.02. The molecule has 0 aliphatic carbocycles. The summed E-state index contributed by atoms with van der Waals surface area (Å²) in [6.45, 7) is 2.57. The third kappa shape index (κ3) is 2.30. The van der Waals surface area contributed by atoms with Crippen LogP contribution in [0.5, 0.6) is 5.75 Å². The molecule has 0 bridgehead atoms. The molecule has 1 fully saturated rings. The van der Waals surface area contributed by atoms with Gasteiger partial charge in [-0.3, -0.25) is 0 Å². The van der Waals surface area contributed by atoms with Gasteiger partial charge in [-0.2, -0.15) is 0 Å². The fourth-order valence-electron chi connectivity index (χ4n) is 2.14. The van der Waals surface area contributed by atoms with Crippen LogP contribution in [0.2, 0.25) is 0 Å². The van der Waals surface area contributed by atoms with Crippen molar-refractivity contribution in [2.75, 3.05) is 13.7 Å². The first-order valence-corrected chi connectivity index (χ1v) is 7.22. The first-order valence-electron chi connectivity index (χ1n) is 5.67. The maximum Gasteiger partial charge on any atom is 0.194 e. The van der Waals surface area contributed by atoms with Gasteiger partial charge in [0.25, 0.3) is 0 Å². The van der Waals surface area contributed by atoms with Crippen LogP contribution in [0, 0.1) is 6.92 Å². The number of nitrogens with one attached hydrogen (secondary N) is 1. The first kappa shape index (κ1) is 12.4. The third-order valence-electron chi connectivity index (χ3n) is 3.08. The fraction of sp³-hybridized carbons (Fsp3) is 0.500. The van der Waals surface area contributed by atoms with Crippen molar-refractivity contribution in [3.63, 3.8) is 0 Å². The highest BCUT2D eigenvalue weighted by Gasteiger charge is 2.30. The molecule has 1 N–H and O–H groups in total. The topological polar surface area (TPSA) is 55.4 Å². The predicted molar refractivity (Wildman–Crippen MR) is 65.9 cm³/mol. The van der Waals surface area contributed by atoms with Gasteiger partial charge in [-0.05, 0) is 50.1 Å². The molecule has 1 aromatic carbocycles. The van der Waals surface area contributed by atoms with Gasteiger partial charge in [0.05, 0.1) is 12.0 Å². The number of methoxy groups -OCH3 is 1. The third-order valence-corrected chi connectivity index (χ3v) is 5.30. The number of aryl methyl sites for hydroxylation is 1. The normalized spacial score (nSPS) is 20.5. The van der Waals surface area contributed by atoms with E-state index in [1.54, 1.807) is 32.2 Å². The monoisotopic (exact) mass is 255 g/mol. The molecule has 0 spiro atoms. The zero-order chi connectivity index (χ0) is 12.5. The number of hydrogen-bond donors (Lipinski definition) is 1. The summed E-state index contributed by atoms with van der Waals surface area (Å²) in [6, 6.07) is 5.07. The molecular weight excluding hydrogens is 238 g/mol. The van der Waals surface area contributed by atoms with Crippen molar-refractivity contribution in [2.45, 2.75) is 30.0 Å². The second-order valence-corrected chi connectivity index (χ2v) is 6.36. The molecular formula is C12H17NO3S. The largest absolute Gasteiger partial charge is 0.497 e. The van der Waals surface area contributed by atoms with Crippen molar-refractivity contribution in [1.29, 1.82) is 0 Å². The molecule has 94 valence electrons. The summed E-state index contributed by atoms with van der Waals surface area (Å²) >= 11 is 0. The Morgan fingerprint density at radius 3 is 2.71 bits per heavy atom. The Balaban J connectivity index is 2.39. The molecule has 1 saturated heterocycles. The Morgan fingerprint density at radius 1 is 1.41 bits per heavy atom. The van der Waals surface area contributed by atoms with Gasteiger partial charge in [-0.25, -0.2) is 8.42 Å². The van der Waals surface area contributed by atoms with E-state index in [1.807, 2.05) is 0 Å². The van der Waals surface area contributed by atoms with Crippen molar-refractivity contribution in [3.8, 4) is 5.75 Å². The van der Waals surface area contributed by atoms with Crippen LogP contribution in [0.4, 0.5) is 0 Å². The van der Waals surface area contributed by atoms with E-state index in [2.05, 4.69) is 5.32 Å². The van der Waals surface area contributed by atoms with Crippen molar-refractivity contribution in [3.05, 3.63) is 23.8 Å². The minimum Gasteiger partial charge on any atom is -0.497 e. The average molecular weight is 255 g/mol. The minimum absolute atomic E-state index is 0.401. The quantitative estimate of drug-likeness (QED) is 0.889. The van der Waals surface area contributed by atoms with Gasteiger partial charge in [0.15, 0.2) is 9.84 Å². The SMILES string of the molecule is COc1ccc(S(=O)(=O)C2CCCN2)c(C)c1. The minimum atomic E-state index is -3.26. The molecule has 1 atom stereocenters. The molecule has 0 radical (unpaired) electrons. The Hall–Kier alpha value is -1.07. The summed E-state index contributed by atoms with van der Waals surface area (Å²) in [7, 11) is -1.69. The Morgan fingerprint density at radius 2 is 2.18 bits per heavy atom. The van der Waals surface area contributed by atoms with Gasteiger partial charge in [0.2, 0.25) is 0 Å². The average Bonchev–Trinajstić information content (AvgIpc) is 2.82. The van der Waals surface area contributed by atoms with Crippen molar-refractivity contribution in [1.82, 2.24) is 5.32 Å². The van der Waals surface area contributed by atoms with Crippen LogP contribution in [0.25, 0.3) is 0 Å². The summed E-state index contributed by atoms with van der Waals surface area (Å²) in [5, 5.41) is 2.60. The standard InChI is InChI=1S/C12H17NO3S/c1-9-8-10(16-2)5-6-11(9)17(14,15)12-4-3-7-13-12/h5-6,8,12-13H,3-4,7H2,1-2H3. The second-order valence-electron chi connectivity index (χ2n) is 4.26. The molecule has 1 unspecified atom stereocenters. The number of hydrogen-bond acceptors (Lipinski definition) is 4. The van der Waals surface area contributed by atoms with Gasteiger partial charge in [-0.15, -0.1) is 0 Å². The van der Waals surface area contributed by atoms with Gasteiger partial charge < -0.3 is 10.1 Å². The van der Waals surface area contributed by atoms with Crippen LogP contribution < -0.4 is 10.1 Å². The van der Waals surface area contributed by atoms with Crippen molar-refractivity contribution in [2.24, 2.45) is 0 Å². The van der Waals surface area contributed by atoms with E-state index in [1.165, 1.54) is 0 Å². The van der Waals surface area contributed by atoms with Gasteiger partial charge in [0.1, 0.15) is 11.1 Å². The smallest absolute Gasteiger partial charge is 0.194 e. The maximum atomic E-state index is 12.4. The van der Waals surface area contributed by atoms with Crippen LogP contribution in [-0.4, -0.2) is 27.4 Å². The molecule has 17 heavy (non-hydrogen) atoms. The summed E-state index contributed by atoms with van der Waals surface area (Å²) in [4.78, 5) is 0.401. The van der Waals surface area contributed by atoms with Gasteiger partial charge in [0, 0.05) is 0 Å². The molecule has 1 heterocycles. The molecule has 5 heteroatoms. The number of rotatable bonds is 3. The molecule has 0 saturated carbocycles. The molecule has 4 nitrogen and oxygen atoms in total. The van der Waals surface area contributed by atoms with Gasteiger partial charge in [-0.1, -0.05) is 0 Å². The Kier molecular flexibility index (Phi) is 3.40. The van der Waals surface area contributed by atoms with Crippen LogP contribution in [0.15, 0.2) is 23.1 Å². The molecule has 1 aromatic rings. The summed E-state index contributed by atoms with van der Waals surface area (Å²) in [5.41, 5.74) is 0.734. The van der Waals surface area contributed by atoms with E-state index in [4.69, 9.17) is 4.74 Å². The lowest BCUT2D eigenvalue weighted by molar-refractivity contribution is 0.414. The zero-order valence-electron chi connectivity index (χ0n) is 10.1. The highest BCUT2D eigenvalue weighted by molar-refractivity contribution is 7.92. The highest BCUT2D eigenvalue weighted by Crippen LogP contribution is 2.26. The van der Waals surface area contributed by atoms with E-state index in [0.29, 0.717) is 17.1 Å². The van der Waals surface area contributed by atoms with Crippen molar-refractivity contribution < 1.29 is 13.2 Å². The molecule has 2 rings (SSSR count). The molecule has 1 aliphatic heterocycles. The molecule has 0 aromatic heterocycles. The lowest BCUT2D eigenvalue weighted by Crippen LogP contribution is -2.31. The maximum absolute atomic E-state index is 12.4. The van der Waals surface area contributed by atoms with Crippen LogP contribution in [-0.2, 0) is 9.84 Å². The highest BCUT2D eigenvalue weighted by atomic mass is 32.2. The lowest BCUT2D eigenvalue weighted by Gasteiger charge is -2.14. The van der Waals surface area contributed by atoms with Crippen LogP contribution in [0.1, 0.15) is 18.4 Å². The number of benzene rings is 1. The number of sulfone groups is 1. The van der Waals surface area contributed by atoms with E-state index in [9.17, 15) is 8.42 Å². The van der Waals surface area contributed by atoms with E-state index in [-0.39, 0.29) is 0 Å². The first-order chi connectivity index (χ1) is 8.05.